The van der Waals surface area contributed by atoms with E-state index in [9.17, 15) is 9.46 Å². The van der Waals surface area contributed by atoms with Crippen LogP contribution < -0.4 is 10.6 Å². The Bertz CT molecular complexity index is 614. The van der Waals surface area contributed by atoms with Crippen molar-refractivity contribution in [2.24, 2.45) is 23.5 Å². The third-order valence-electron chi connectivity index (χ3n) is 5.80. The highest BCUT2D eigenvalue weighted by Crippen LogP contribution is 2.50. The Labute approximate surface area is 181 Å². The lowest BCUT2D eigenvalue weighted by molar-refractivity contribution is -0.229. The molecule has 8 atom stereocenters. The third-order valence-corrected chi connectivity index (χ3v) is 6.78. The van der Waals surface area contributed by atoms with Gasteiger partial charge in [-0.2, -0.15) is 0 Å². The molecular formula is C21H39NO7P-. The first-order valence-corrected chi connectivity index (χ1v) is 12.4. The molecule has 30 heavy (non-hydrogen) atoms. The molecule has 2 fully saturated rings. The first-order chi connectivity index (χ1) is 13.9. The van der Waals surface area contributed by atoms with Crippen LogP contribution in [0.25, 0.3) is 0 Å². The van der Waals surface area contributed by atoms with Crippen LogP contribution in [-0.4, -0.2) is 49.8 Å². The van der Waals surface area contributed by atoms with Gasteiger partial charge in [-0.25, -0.2) is 0 Å². The Kier molecular flexibility index (Phi) is 9.37. The zero-order valence-corrected chi connectivity index (χ0v) is 20.0. The molecule has 0 aromatic carbocycles. The average Bonchev–Trinajstić information content (AvgIpc) is 3.10. The second kappa shape index (κ2) is 10.9. The summed E-state index contributed by atoms with van der Waals surface area (Å²) in [7, 11) is -4.66. The molecule has 8 nitrogen and oxygen atoms in total. The maximum absolute atomic E-state index is 12.7. The van der Waals surface area contributed by atoms with Gasteiger partial charge in [-0.1, -0.05) is 13.5 Å². The standard InChI is InChI=1S/C21H40NO7P/c1-12(2)25-11-18-17(10-22)14(5)8-19(18)29-30(23,24)28-16(7)21-20(26-13(3)4)9-15(6)27-21/h12-15,17-21H,7-11,22H2,1-6H3,(H,23,24)/p-1/t14-,15-,17?,18-,19+,20+,21+/m0/s1. The average molecular weight is 449 g/mol. The smallest absolute Gasteiger partial charge is 0.319 e. The molecule has 1 saturated heterocycles. The van der Waals surface area contributed by atoms with Crippen LogP contribution in [-0.2, 0) is 27.8 Å². The molecule has 1 heterocycles. The molecule has 0 amide bonds. The van der Waals surface area contributed by atoms with Crippen molar-refractivity contribution in [3.05, 3.63) is 12.3 Å². The van der Waals surface area contributed by atoms with Crippen molar-refractivity contribution < 1.29 is 32.7 Å². The van der Waals surface area contributed by atoms with Crippen molar-refractivity contribution in [3.63, 3.8) is 0 Å². The summed E-state index contributed by atoms with van der Waals surface area (Å²) in [4.78, 5) is 12.7. The number of phosphoric acid groups is 1. The largest absolute Gasteiger partial charge is 0.746 e. The van der Waals surface area contributed by atoms with Gasteiger partial charge in [-0.05, 0) is 59.4 Å². The van der Waals surface area contributed by atoms with Crippen LogP contribution in [0.2, 0.25) is 0 Å². The number of ether oxygens (including phenoxy) is 3. The van der Waals surface area contributed by atoms with Gasteiger partial charge in [-0.3, -0.25) is 4.57 Å². The summed E-state index contributed by atoms with van der Waals surface area (Å²) in [5, 5.41) is 0. The maximum atomic E-state index is 12.7. The zero-order chi connectivity index (χ0) is 22.6. The number of hydrogen-bond donors (Lipinski definition) is 1. The normalized spacial score (nSPS) is 36.4. The quantitative estimate of drug-likeness (QED) is 0.379. The van der Waals surface area contributed by atoms with Gasteiger partial charge in [-0.15, -0.1) is 0 Å². The SMILES string of the molecule is C=C(OP(=O)([O-])O[C@@H]1C[C@H](C)C(CN)[C@@H]1COC(C)C)[C@H]1O[C@@H](C)C[C@H]1OC(C)C. The molecule has 1 saturated carbocycles. The molecule has 2 rings (SSSR count). The fourth-order valence-electron chi connectivity index (χ4n) is 4.46. The van der Waals surface area contributed by atoms with Gasteiger partial charge in [0.05, 0.1) is 37.1 Å². The Morgan fingerprint density at radius 1 is 1.17 bits per heavy atom. The minimum Gasteiger partial charge on any atom is -0.746 e. The summed E-state index contributed by atoms with van der Waals surface area (Å²) in [5.74, 6) is 0.220. The fraction of sp³-hybridized carbons (Fsp3) is 0.905. The summed E-state index contributed by atoms with van der Waals surface area (Å²) in [6, 6.07) is 0. The van der Waals surface area contributed by atoms with Gasteiger partial charge in [0.25, 0.3) is 0 Å². The first-order valence-electron chi connectivity index (χ1n) is 10.9. The monoisotopic (exact) mass is 448 g/mol. The molecule has 0 spiro atoms. The van der Waals surface area contributed by atoms with Crippen molar-refractivity contribution in [1.29, 1.82) is 0 Å². The summed E-state index contributed by atoms with van der Waals surface area (Å²) < 4.78 is 40.8. The van der Waals surface area contributed by atoms with Gasteiger partial charge in [0.1, 0.15) is 11.9 Å². The highest BCUT2D eigenvalue weighted by atomic mass is 31.2. The van der Waals surface area contributed by atoms with Crippen LogP contribution in [0, 0.1) is 17.8 Å². The number of rotatable bonds is 11. The molecule has 1 aliphatic heterocycles. The molecule has 1 aliphatic carbocycles. The molecular weight excluding hydrogens is 409 g/mol. The summed E-state index contributed by atoms with van der Waals surface area (Å²) >= 11 is 0. The van der Waals surface area contributed by atoms with E-state index < -0.39 is 20.0 Å². The van der Waals surface area contributed by atoms with Crippen LogP contribution in [0.4, 0.5) is 0 Å². The van der Waals surface area contributed by atoms with E-state index in [1.165, 1.54) is 0 Å². The van der Waals surface area contributed by atoms with Crippen LogP contribution in [0.15, 0.2) is 12.3 Å². The van der Waals surface area contributed by atoms with E-state index in [0.717, 1.165) is 0 Å². The predicted molar refractivity (Wildman–Crippen MR) is 113 cm³/mol. The maximum Gasteiger partial charge on any atom is 0.319 e. The Morgan fingerprint density at radius 3 is 2.40 bits per heavy atom. The van der Waals surface area contributed by atoms with Crippen LogP contribution in [0.1, 0.15) is 54.4 Å². The van der Waals surface area contributed by atoms with Crippen molar-refractivity contribution in [3.8, 4) is 0 Å². The topological polar surface area (TPSA) is 112 Å². The number of phosphoric ester groups is 1. The van der Waals surface area contributed by atoms with Gasteiger partial charge < -0.3 is 33.9 Å². The van der Waals surface area contributed by atoms with Crippen molar-refractivity contribution in [2.45, 2.75) is 91.0 Å². The highest BCUT2D eigenvalue weighted by Gasteiger charge is 2.44. The van der Waals surface area contributed by atoms with Crippen molar-refractivity contribution >= 4 is 7.82 Å². The lowest BCUT2D eigenvalue weighted by Crippen LogP contribution is -2.33. The molecule has 2 N–H and O–H groups in total. The highest BCUT2D eigenvalue weighted by molar-refractivity contribution is 7.46. The minimum absolute atomic E-state index is 0.0141. The fourth-order valence-corrected chi connectivity index (χ4v) is 5.47. The van der Waals surface area contributed by atoms with E-state index in [0.29, 0.717) is 26.0 Å². The van der Waals surface area contributed by atoms with Crippen molar-refractivity contribution in [1.82, 2.24) is 0 Å². The van der Waals surface area contributed by atoms with E-state index in [4.69, 9.17) is 29.0 Å². The number of hydrogen-bond acceptors (Lipinski definition) is 8. The van der Waals surface area contributed by atoms with E-state index in [-0.39, 0.29) is 47.9 Å². The van der Waals surface area contributed by atoms with Crippen molar-refractivity contribution in [2.75, 3.05) is 13.2 Å². The molecule has 2 aliphatic rings. The van der Waals surface area contributed by atoms with E-state index in [1.54, 1.807) is 0 Å². The Hall–Kier alpha value is -0.470. The summed E-state index contributed by atoms with van der Waals surface area (Å²) in [5.41, 5.74) is 5.94. The van der Waals surface area contributed by atoms with Gasteiger partial charge >= 0.3 is 7.82 Å². The minimum atomic E-state index is -4.66. The van der Waals surface area contributed by atoms with Gasteiger partial charge in [0, 0.05) is 12.3 Å². The van der Waals surface area contributed by atoms with Crippen LogP contribution in [0.3, 0.4) is 0 Å². The van der Waals surface area contributed by atoms with Gasteiger partial charge in [0.2, 0.25) is 0 Å². The summed E-state index contributed by atoms with van der Waals surface area (Å²) in [6.45, 7) is 16.3. The second-order valence-corrected chi connectivity index (χ2v) is 10.4. The second-order valence-electron chi connectivity index (χ2n) is 9.13. The van der Waals surface area contributed by atoms with Crippen LogP contribution in [0.5, 0.6) is 0 Å². The molecule has 0 bridgehead atoms. The van der Waals surface area contributed by atoms with Gasteiger partial charge in [0.15, 0.2) is 0 Å². The predicted octanol–water partition coefficient (Wildman–Crippen LogP) is 3.00. The van der Waals surface area contributed by atoms with E-state index in [1.807, 2.05) is 34.6 Å². The molecule has 0 radical (unpaired) electrons. The first kappa shape index (κ1) is 25.8. The Balaban J connectivity index is 2.03. The Morgan fingerprint density at radius 2 is 1.83 bits per heavy atom. The molecule has 2 unspecified atom stereocenters. The van der Waals surface area contributed by atoms with Crippen LogP contribution >= 0.6 is 7.82 Å². The molecule has 9 heteroatoms. The third kappa shape index (κ3) is 7.02. The molecule has 176 valence electrons. The lowest BCUT2D eigenvalue weighted by atomic mass is 9.91. The number of nitrogens with two attached hydrogens (primary N) is 1. The summed E-state index contributed by atoms with van der Waals surface area (Å²) in [6.07, 6.45) is -0.368. The van der Waals surface area contributed by atoms with E-state index in [2.05, 4.69) is 13.5 Å². The lowest BCUT2D eigenvalue weighted by Gasteiger charge is -2.33. The zero-order valence-electron chi connectivity index (χ0n) is 19.1. The van der Waals surface area contributed by atoms with E-state index >= 15 is 0 Å². The molecule has 0 aromatic rings. The molecule has 0 aromatic heterocycles.